The number of aliphatic carboxylic acids is 1. The predicted octanol–water partition coefficient (Wildman–Crippen LogP) is 5.73. The second kappa shape index (κ2) is 16.8. The van der Waals surface area contributed by atoms with E-state index in [2.05, 4.69) is 13.8 Å². The van der Waals surface area contributed by atoms with Crippen molar-refractivity contribution >= 4 is 11.9 Å². The first kappa shape index (κ1) is 22.9. The molecule has 0 aliphatic heterocycles. The summed E-state index contributed by atoms with van der Waals surface area (Å²) in [7, 11) is 0. The number of unbranched alkanes of at least 4 members (excludes halogenated alkanes) is 8. The van der Waals surface area contributed by atoms with E-state index in [1.807, 2.05) is 0 Å². The number of hydrogen-bond donors (Lipinski definition) is 1. The van der Waals surface area contributed by atoms with E-state index in [4.69, 9.17) is 9.84 Å². The number of carboxylic acid groups (broad SMARTS) is 1. The Morgan fingerprint density at radius 3 is 1.83 bits per heavy atom. The number of ether oxygens (including phenoxy) is 1. The molecule has 1 unspecified atom stereocenters. The molecule has 0 saturated heterocycles. The third-order valence-corrected chi connectivity index (χ3v) is 4.42. The van der Waals surface area contributed by atoms with Crippen molar-refractivity contribution < 1.29 is 19.4 Å². The third-order valence-electron chi connectivity index (χ3n) is 4.42. The zero-order valence-electron chi connectivity index (χ0n) is 15.9. The number of carbonyl (C=O) groups is 2. The van der Waals surface area contributed by atoms with Gasteiger partial charge in [0.15, 0.2) is 0 Å². The molecular weight excluding hydrogens is 304 g/mol. The Bertz CT molecular complexity index is 315. The lowest BCUT2D eigenvalue weighted by atomic mass is 9.94. The van der Waals surface area contributed by atoms with Gasteiger partial charge >= 0.3 is 11.9 Å². The van der Waals surface area contributed by atoms with Gasteiger partial charge in [-0.15, -0.1) is 0 Å². The van der Waals surface area contributed by atoms with Gasteiger partial charge in [-0.25, -0.2) is 0 Å². The SMILES string of the molecule is CCCCCCCCC(CCCCCC)C(=O)OCCCC(=O)O. The van der Waals surface area contributed by atoms with Gasteiger partial charge in [0, 0.05) is 6.42 Å². The highest BCUT2D eigenvalue weighted by Gasteiger charge is 2.19. The molecule has 0 saturated carbocycles. The van der Waals surface area contributed by atoms with Crippen LogP contribution in [-0.2, 0) is 14.3 Å². The Morgan fingerprint density at radius 1 is 0.792 bits per heavy atom. The van der Waals surface area contributed by atoms with Crippen LogP contribution in [0.4, 0.5) is 0 Å². The van der Waals surface area contributed by atoms with E-state index in [1.54, 1.807) is 0 Å². The number of rotatable bonds is 17. The van der Waals surface area contributed by atoms with E-state index < -0.39 is 5.97 Å². The van der Waals surface area contributed by atoms with Crippen molar-refractivity contribution in [2.75, 3.05) is 6.61 Å². The van der Waals surface area contributed by atoms with Gasteiger partial charge in [0.05, 0.1) is 12.5 Å². The first-order chi connectivity index (χ1) is 11.6. The molecule has 0 radical (unpaired) electrons. The standard InChI is InChI=1S/C20H38O4/c1-3-5-7-9-10-12-15-18(14-11-8-6-4-2)20(23)24-17-13-16-19(21)22/h18H,3-17H2,1-2H3,(H,21,22). The Morgan fingerprint density at radius 2 is 1.29 bits per heavy atom. The molecular formula is C20H38O4. The van der Waals surface area contributed by atoms with Crippen LogP contribution in [0.1, 0.15) is 104 Å². The quantitative estimate of drug-likeness (QED) is 0.271. The van der Waals surface area contributed by atoms with Crippen LogP contribution in [0, 0.1) is 5.92 Å². The molecule has 1 N–H and O–H groups in total. The van der Waals surface area contributed by atoms with E-state index in [0.717, 1.165) is 25.7 Å². The minimum absolute atomic E-state index is 0.00198. The van der Waals surface area contributed by atoms with E-state index in [1.165, 1.54) is 51.4 Å². The minimum atomic E-state index is -0.839. The van der Waals surface area contributed by atoms with Crippen LogP contribution in [-0.4, -0.2) is 23.7 Å². The smallest absolute Gasteiger partial charge is 0.308 e. The number of hydrogen-bond acceptors (Lipinski definition) is 3. The number of carbonyl (C=O) groups excluding carboxylic acids is 1. The van der Waals surface area contributed by atoms with Crippen molar-refractivity contribution in [3.63, 3.8) is 0 Å². The predicted molar refractivity (Wildman–Crippen MR) is 98.1 cm³/mol. The molecule has 0 aromatic heterocycles. The summed E-state index contributed by atoms with van der Waals surface area (Å²) >= 11 is 0. The normalized spacial score (nSPS) is 12.1. The first-order valence-corrected chi connectivity index (χ1v) is 10.00. The fourth-order valence-electron chi connectivity index (χ4n) is 2.88. The van der Waals surface area contributed by atoms with Crippen LogP contribution in [0.2, 0.25) is 0 Å². The Hall–Kier alpha value is -1.06. The average Bonchev–Trinajstić information content (AvgIpc) is 2.56. The molecule has 0 aromatic rings. The summed E-state index contributed by atoms with van der Waals surface area (Å²) < 4.78 is 5.30. The highest BCUT2D eigenvalue weighted by molar-refractivity contribution is 5.72. The summed E-state index contributed by atoms with van der Waals surface area (Å²) in [6.45, 7) is 4.63. The van der Waals surface area contributed by atoms with Gasteiger partial charge in [-0.05, 0) is 19.3 Å². The van der Waals surface area contributed by atoms with E-state index in [0.29, 0.717) is 6.42 Å². The zero-order chi connectivity index (χ0) is 18.0. The van der Waals surface area contributed by atoms with Gasteiger partial charge in [0.1, 0.15) is 0 Å². The highest BCUT2D eigenvalue weighted by atomic mass is 16.5. The van der Waals surface area contributed by atoms with Crippen molar-refractivity contribution in [1.82, 2.24) is 0 Å². The lowest BCUT2D eigenvalue weighted by molar-refractivity contribution is -0.150. The lowest BCUT2D eigenvalue weighted by Crippen LogP contribution is -2.19. The Kier molecular flexibility index (Phi) is 16.0. The first-order valence-electron chi connectivity index (χ1n) is 10.00. The lowest BCUT2D eigenvalue weighted by Gasteiger charge is -2.16. The molecule has 24 heavy (non-hydrogen) atoms. The molecule has 1 atom stereocenters. The second-order valence-corrected chi connectivity index (χ2v) is 6.77. The van der Waals surface area contributed by atoms with Gasteiger partial charge in [-0.2, -0.15) is 0 Å². The topological polar surface area (TPSA) is 63.6 Å². The molecule has 0 aromatic carbocycles. The van der Waals surface area contributed by atoms with Crippen LogP contribution >= 0.6 is 0 Å². The summed E-state index contributed by atoms with van der Waals surface area (Å²) in [5.41, 5.74) is 0. The van der Waals surface area contributed by atoms with E-state index in [9.17, 15) is 9.59 Å². The molecule has 0 aliphatic carbocycles. The molecule has 0 spiro atoms. The maximum absolute atomic E-state index is 12.2. The van der Waals surface area contributed by atoms with Gasteiger partial charge in [0.25, 0.3) is 0 Å². The monoisotopic (exact) mass is 342 g/mol. The number of carboxylic acids is 1. The molecule has 4 nitrogen and oxygen atoms in total. The summed E-state index contributed by atoms with van der Waals surface area (Å²) in [6, 6.07) is 0. The summed E-state index contributed by atoms with van der Waals surface area (Å²) in [6.07, 6.45) is 14.3. The van der Waals surface area contributed by atoms with Crippen LogP contribution in [0.5, 0.6) is 0 Å². The Balaban J connectivity index is 4.04. The van der Waals surface area contributed by atoms with Crippen molar-refractivity contribution in [3.05, 3.63) is 0 Å². The zero-order valence-corrected chi connectivity index (χ0v) is 15.9. The molecule has 4 heteroatoms. The van der Waals surface area contributed by atoms with Crippen molar-refractivity contribution in [2.45, 2.75) is 104 Å². The fraction of sp³-hybridized carbons (Fsp3) is 0.900. The van der Waals surface area contributed by atoms with Crippen LogP contribution < -0.4 is 0 Å². The van der Waals surface area contributed by atoms with Gasteiger partial charge in [-0.3, -0.25) is 9.59 Å². The largest absolute Gasteiger partial charge is 0.481 e. The van der Waals surface area contributed by atoms with E-state index in [-0.39, 0.29) is 24.9 Å². The summed E-state index contributed by atoms with van der Waals surface area (Å²) in [4.78, 5) is 22.7. The average molecular weight is 343 g/mol. The van der Waals surface area contributed by atoms with Crippen molar-refractivity contribution in [1.29, 1.82) is 0 Å². The molecule has 0 amide bonds. The van der Waals surface area contributed by atoms with Crippen molar-refractivity contribution in [2.24, 2.45) is 5.92 Å². The van der Waals surface area contributed by atoms with Crippen LogP contribution in [0.15, 0.2) is 0 Å². The summed E-state index contributed by atoms with van der Waals surface area (Å²) in [5.74, 6) is -0.961. The van der Waals surface area contributed by atoms with Crippen LogP contribution in [0.3, 0.4) is 0 Å². The molecule has 0 rings (SSSR count). The molecule has 142 valence electrons. The molecule has 0 heterocycles. The van der Waals surface area contributed by atoms with Gasteiger partial charge in [0.2, 0.25) is 0 Å². The minimum Gasteiger partial charge on any atom is -0.481 e. The van der Waals surface area contributed by atoms with Gasteiger partial charge in [-0.1, -0.05) is 78.1 Å². The maximum Gasteiger partial charge on any atom is 0.308 e. The third kappa shape index (κ3) is 14.5. The van der Waals surface area contributed by atoms with E-state index >= 15 is 0 Å². The molecule has 0 aliphatic rings. The highest BCUT2D eigenvalue weighted by Crippen LogP contribution is 2.20. The second-order valence-electron chi connectivity index (χ2n) is 6.77. The molecule has 0 bridgehead atoms. The van der Waals surface area contributed by atoms with Gasteiger partial charge < -0.3 is 9.84 Å². The molecule has 0 fully saturated rings. The maximum atomic E-state index is 12.2. The van der Waals surface area contributed by atoms with Crippen molar-refractivity contribution in [3.8, 4) is 0 Å². The fourth-order valence-corrected chi connectivity index (χ4v) is 2.88. The van der Waals surface area contributed by atoms with Crippen LogP contribution in [0.25, 0.3) is 0 Å². The Labute approximate surface area is 148 Å². The number of esters is 1. The summed E-state index contributed by atoms with van der Waals surface area (Å²) in [5, 5.41) is 8.62.